The van der Waals surface area contributed by atoms with Gasteiger partial charge in [0.2, 0.25) is 0 Å². The Labute approximate surface area is 120 Å². The second-order valence-corrected chi connectivity index (χ2v) is 5.54. The van der Waals surface area contributed by atoms with Crippen molar-refractivity contribution in [2.75, 3.05) is 0 Å². The quantitative estimate of drug-likeness (QED) is 0.753. The third kappa shape index (κ3) is 3.29. The molecule has 0 aromatic heterocycles. The summed E-state index contributed by atoms with van der Waals surface area (Å²) in [7, 11) is 0. The largest absolute Gasteiger partial charge is 0.294 e. The number of halogens is 2. The van der Waals surface area contributed by atoms with Crippen molar-refractivity contribution in [2.24, 2.45) is 0 Å². The second-order valence-electron chi connectivity index (χ2n) is 4.63. The maximum atomic E-state index is 13.3. The maximum absolute atomic E-state index is 13.3. The van der Waals surface area contributed by atoms with E-state index in [9.17, 15) is 9.18 Å². The third-order valence-electron chi connectivity index (χ3n) is 3.17. The van der Waals surface area contributed by atoms with Crippen molar-refractivity contribution < 1.29 is 9.18 Å². The SMILES string of the molecule is Cc1cccc(C)c1CC(=O)c1cc(F)cc(Br)c1. The molecule has 0 aliphatic carbocycles. The summed E-state index contributed by atoms with van der Waals surface area (Å²) in [4.78, 5) is 12.2. The molecule has 0 atom stereocenters. The van der Waals surface area contributed by atoms with Crippen molar-refractivity contribution >= 4 is 21.7 Å². The third-order valence-corrected chi connectivity index (χ3v) is 3.62. The number of hydrogen-bond acceptors (Lipinski definition) is 1. The fourth-order valence-corrected chi connectivity index (χ4v) is 2.57. The summed E-state index contributed by atoms with van der Waals surface area (Å²) in [6, 6.07) is 10.2. The van der Waals surface area contributed by atoms with Gasteiger partial charge in [0.25, 0.3) is 0 Å². The van der Waals surface area contributed by atoms with Gasteiger partial charge in [0.15, 0.2) is 5.78 Å². The van der Waals surface area contributed by atoms with Gasteiger partial charge in [-0.2, -0.15) is 0 Å². The highest BCUT2D eigenvalue weighted by molar-refractivity contribution is 9.10. The first-order chi connectivity index (χ1) is 8.97. The van der Waals surface area contributed by atoms with Crippen molar-refractivity contribution in [3.8, 4) is 0 Å². The summed E-state index contributed by atoms with van der Waals surface area (Å²) in [5, 5.41) is 0. The van der Waals surface area contributed by atoms with E-state index in [2.05, 4.69) is 15.9 Å². The van der Waals surface area contributed by atoms with Crippen LogP contribution in [0.4, 0.5) is 4.39 Å². The molecule has 0 N–H and O–H groups in total. The Hall–Kier alpha value is -1.48. The molecule has 0 radical (unpaired) electrons. The van der Waals surface area contributed by atoms with Gasteiger partial charge in [0.1, 0.15) is 5.82 Å². The Morgan fingerprint density at radius 3 is 2.37 bits per heavy atom. The number of rotatable bonds is 3. The van der Waals surface area contributed by atoms with Crippen molar-refractivity contribution in [3.63, 3.8) is 0 Å². The van der Waals surface area contributed by atoms with Crippen LogP contribution in [0, 0.1) is 19.7 Å². The highest BCUT2D eigenvalue weighted by atomic mass is 79.9. The van der Waals surface area contributed by atoms with Crippen LogP contribution < -0.4 is 0 Å². The van der Waals surface area contributed by atoms with E-state index in [1.165, 1.54) is 12.1 Å². The molecule has 0 amide bonds. The minimum Gasteiger partial charge on any atom is -0.294 e. The molecule has 0 spiro atoms. The smallest absolute Gasteiger partial charge is 0.167 e. The van der Waals surface area contributed by atoms with E-state index in [1.54, 1.807) is 6.07 Å². The summed E-state index contributed by atoms with van der Waals surface area (Å²) >= 11 is 3.20. The van der Waals surface area contributed by atoms with Crippen LogP contribution in [0.25, 0.3) is 0 Å². The number of carbonyl (C=O) groups is 1. The lowest BCUT2D eigenvalue weighted by atomic mass is 9.95. The number of ketones is 1. The van der Waals surface area contributed by atoms with Crippen LogP contribution in [-0.4, -0.2) is 5.78 Å². The van der Waals surface area contributed by atoms with E-state index < -0.39 is 5.82 Å². The standard InChI is InChI=1S/C16H14BrFO/c1-10-4-3-5-11(2)15(10)9-16(19)12-6-13(17)8-14(18)7-12/h3-8H,9H2,1-2H3. The van der Waals surface area contributed by atoms with E-state index in [-0.39, 0.29) is 5.78 Å². The minimum absolute atomic E-state index is 0.0717. The van der Waals surface area contributed by atoms with Gasteiger partial charge in [-0.1, -0.05) is 34.1 Å². The predicted molar refractivity (Wildman–Crippen MR) is 78.1 cm³/mol. The van der Waals surface area contributed by atoms with Crippen LogP contribution in [0.3, 0.4) is 0 Å². The summed E-state index contributed by atoms with van der Waals surface area (Å²) in [5.41, 5.74) is 3.59. The Bertz CT molecular complexity index is 594. The lowest BCUT2D eigenvalue weighted by Crippen LogP contribution is -2.07. The fraction of sp³-hybridized carbons (Fsp3) is 0.188. The summed E-state index contributed by atoms with van der Waals surface area (Å²) in [6.45, 7) is 3.97. The van der Waals surface area contributed by atoms with Gasteiger partial charge in [-0.3, -0.25) is 4.79 Å². The topological polar surface area (TPSA) is 17.1 Å². The molecule has 2 aromatic rings. The van der Waals surface area contributed by atoms with Gasteiger partial charge in [-0.25, -0.2) is 4.39 Å². The molecule has 0 unspecified atom stereocenters. The molecule has 0 saturated carbocycles. The molecule has 3 heteroatoms. The summed E-state index contributed by atoms with van der Waals surface area (Å²) < 4.78 is 13.9. The maximum Gasteiger partial charge on any atom is 0.167 e. The number of aryl methyl sites for hydroxylation is 2. The average molecular weight is 321 g/mol. The molecule has 0 heterocycles. The van der Waals surface area contributed by atoms with Gasteiger partial charge in [-0.05, 0) is 48.7 Å². The van der Waals surface area contributed by atoms with Crippen molar-refractivity contribution in [1.82, 2.24) is 0 Å². The zero-order valence-electron chi connectivity index (χ0n) is 10.8. The second kappa shape index (κ2) is 5.66. The van der Waals surface area contributed by atoms with Crippen LogP contribution in [0.1, 0.15) is 27.0 Å². The molecule has 98 valence electrons. The Morgan fingerprint density at radius 1 is 1.16 bits per heavy atom. The lowest BCUT2D eigenvalue weighted by Gasteiger charge is -2.09. The molecular formula is C16H14BrFO. The number of hydrogen-bond donors (Lipinski definition) is 0. The van der Waals surface area contributed by atoms with Gasteiger partial charge < -0.3 is 0 Å². The molecule has 0 saturated heterocycles. The van der Waals surface area contributed by atoms with Crippen LogP contribution >= 0.6 is 15.9 Å². The highest BCUT2D eigenvalue weighted by Gasteiger charge is 2.12. The molecule has 0 aliphatic rings. The zero-order valence-corrected chi connectivity index (χ0v) is 12.4. The zero-order chi connectivity index (χ0) is 14.0. The van der Waals surface area contributed by atoms with Gasteiger partial charge in [-0.15, -0.1) is 0 Å². The number of benzene rings is 2. The first kappa shape index (κ1) is 13.9. The van der Waals surface area contributed by atoms with E-state index >= 15 is 0 Å². The Morgan fingerprint density at radius 2 is 1.79 bits per heavy atom. The van der Waals surface area contributed by atoms with Crippen LogP contribution in [-0.2, 0) is 6.42 Å². The van der Waals surface area contributed by atoms with E-state index in [0.717, 1.165) is 16.7 Å². The molecule has 0 aliphatic heterocycles. The normalized spacial score (nSPS) is 10.5. The molecule has 1 nitrogen and oxygen atoms in total. The van der Waals surface area contributed by atoms with Crippen LogP contribution in [0.15, 0.2) is 40.9 Å². The van der Waals surface area contributed by atoms with Crippen molar-refractivity contribution in [1.29, 1.82) is 0 Å². The fourth-order valence-electron chi connectivity index (χ4n) is 2.11. The number of carbonyl (C=O) groups excluding carboxylic acids is 1. The average Bonchev–Trinajstić information content (AvgIpc) is 2.32. The first-order valence-electron chi connectivity index (χ1n) is 6.02. The molecular weight excluding hydrogens is 307 g/mol. The molecule has 2 aromatic carbocycles. The minimum atomic E-state index is -0.403. The molecule has 2 rings (SSSR count). The lowest BCUT2D eigenvalue weighted by molar-refractivity contribution is 0.0992. The monoisotopic (exact) mass is 320 g/mol. The predicted octanol–water partition coefficient (Wildman–Crippen LogP) is 4.63. The molecule has 0 fully saturated rings. The van der Waals surface area contributed by atoms with Crippen molar-refractivity contribution in [2.45, 2.75) is 20.3 Å². The van der Waals surface area contributed by atoms with E-state index in [4.69, 9.17) is 0 Å². The Kier molecular flexibility index (Phi) is 4.15. The molecule has 0 bridgehead atoms. The highest BCUT2D eigenvalue weighted by Crippen LogP contribution is 2.19. The van der Waals surface area contributed by atoms with E-state index in [0.29, 0.717) is 16.5 Å². The van der Waals surface area contributed by atoms with Gasteiger partial charge in [0.05, 0.1) is 0 Å². The van der Waals surface area contributed by atoms with Crippen LogP contribution in [0.2, 0.25) is 0 Å². The van der Waals surface area contributed by atoms with Crippen molar-refractivity contribution in [3.05, 3.63) is 68.9 Å². The molecule has 19 heavy (non-hydrogen) atoms. The van der Waals surface area contributed by atoms with Crippen LogP contribution in [0.5, 0.6) is 0 Å². The summed E-state index contributed by atoms with van der Waals surface area (Å²) in [5.74, 6) is -0.475. The van der Waals surface area contributed by atoms with Gasteiger partial charge >= 0.3 is 0 Å². The van der Waals surface area contributed by atoms with Gasteiger partial charge in [0, 0.05) is 16.5 Å². The Balaban J connectivity index is 2.31. The number of Topliss-reactive ketones (excluding diaryl/α,β-unsaturated/α-hetero) is 1. The summed E-state index contributed by atoms with van der Waals surface area (Å²) in [6.07, 6.45) is 0.300. The first-order valence-corrected chi connectivity index (χ1v) is 6.81. The van der Waals surface area contributed by atoms with E-state index in [1.807, 2.05) is 32.0 Å².